The Hall–Kier alpha value is -2.68. The summed E-state index contributed by atoms with van der Waals surface area (Å²) in [5, 5.41) is 1.15. The van der Waals surface area contributed by atoms with Crippen LogP contribution in [0.2, 0.25) is 0 Å². The maximum absolute atomic E-state index is 5.66. The van der Waals surface area contributed by atoms with E-state index < -0.39 is 0 Å². The summed E-state index contributed by atoms with van der Waals surface area (Å²) in [4.78, 5) is 8.64. The summed E-state index contributed by atoms with van der Waals surface area (Å²) in [6.07, 6.45) is 6.12. The van der Waals surface area contributed by atoms with E-state index in [1.165, 1.54) is 5.56 Å². The Balaban J connectivity index is 2.06. The predicted molar refractivity (Wildman–Crippen MR) is 95.0 cm³/mol. The lowest BCUT2D eigenvalue weighted by Crippen LogP contribution is -1.93. The minimum atomic E-state index is 0.584. The van der Waals surface area contributed by atoms with Gasteiger partial charge >= 0.3 is 0 Å². The minimum absolute atomic E-state index is 0.584. The lowest BCUT2D eigenvalue weighted by atomic mass is 10.00. The number of rotatable bonds is 5. The van der Waals surface area contributed by atoms with Gasteiger partial charge in [-0.25, -0.2) is 9.97 Å². The van der Waals surface area contributed by atoms with Gasteiger partial charge in [0.2, 0.25) is 0 Å². The van der Waals surface area contributed by atoms with E-state index in [0.717, 1.165) is 39.9 Å². The molecule has 0 fully saturated rings. The van der Waals surface area contributed by atoms with E-state index in [0.29, 0.717) is 5.92 Å². The van der Waals surface area contributed by atoms with E-state index in [2.05, 4.69) is 43.0 Å². The van der Waals surface area contributed by atoms with Gasteiger partial charge in [-0.15, -0.1) is 0 Å². The Morgan fingerprint density at radius 1 is 1.26 bits per heavy atom. The lowest BCUT2D eigenvalue weighted by Gasteiger charge is -2.05. The molecule has 2 heterocycles. The molecule has 0 radical (unpaired) electrons. The van der Waals surface area contributed by atoms with Crippen LogP contribution in [0.5, 0.6) is 0 Å². The van der Waals surface area contributed by atoms with Crippen molar-refractivity contribution < 1.29 is 4.42 Å². The topological polar surface area (TPSA) is 38.9 Å². The molecule has 0 saturated carbocycles. The molecular weight excluding hydrogens is 284 g/mol. The summed E-state index contributed by atoms with van der Waals surface area (Å²) in [7, 11) is 0. The lowest BCUT2D eigenvalue weighted by molar-refractivity contribution is 0.594. The van der Waals surface area contributed by atoms with Gasteiger partial charge in [0.1, 0.15) is 11.9 Å². The van der Waals surface area contributed by atoms with Gasteiger partial charge in [0.15, 0.2) is 0 Å². The monoisotopic (exact) mass is 304 g/mol. The zero-order valence-corrected chi connectivity index (χ0v) is 13.5. The molecule has 0 aliphatic rings. The highest BCUT2D eigenvalue weighted by molar-refractivity contribution is 5.86. The van der Waals surface area contributed by atoms with Gasteiger partial charge in [0.05, 0.1) is 17.7 Å². The molecule has 0 aliphatic heterocycles. The van der Waals surface area contributed by atoms with Crippen LogP contribution >= 0.6 is 0 Å². The van der Waals surface area contributed by atoms with E-state index in [1.54, 1.807) is 12.4 Å². The third-order valence-electron chi connectivity index (χ3n) is 3.82. The first-order valence-corrected chi connectivity index (χ1v) is 7.72. The largest absolute Gasteiger partial charge is 0.464 e. The van der Waals surface area contributed by atoms with Gasteiger partial charge in [-0.1, -0.05) is 33.1 Å². The zero-order valence-electron chi connectivity index (χ0n) is 13.5. The summed E-state index contributed by atoms with van der Waals surface area (Å²) in [6.45, 7) is 12.1. The number of benzene rings is 1. The molecule has 3 aromatic rings. The van der Waals surface area contributed by atoms with Gasteiger partial charge in [-0.2, -0.15) is 0 Å². The maximum atomic E-state index is 5.66. The molecule has 3 nitrogen and oxygen atoms in total. The van der Waals surface area contributed by atoms with Crippen molar-refractivity contribution in [1.29, 1.82) is 0 Å². The van der Waals surface area contributed by atoms with Crippen LogP contribution in [0.15, 0.2) is 60.5 Å². The molecule has 0 unspecified atom stereocenters. The second kappa shape index (κ2) is 6.21. The third kappa shape index (κ3) is 3.09. The average molecular weight is 304 g/mol. The fraction of sp³-hybridized carbons (Fsp3) is 0.200. The fourth-order valence-electron chi connectivity index (χ4n) is 2.63. The Morgan fingerprint density at radius 2 is 2.09 bits per heavy atom. The number of nitrogens with zero attached hydrogens (tertiary/aromatic N) is 2. The molecule has 3 rings (SSSR count). The first kappa shape index (κ1) is 15.2. The number of hydrogen-bond donors (Lipinski definition) is 0. The van der Waals surface area contributed by atoms with Crippen molar-refractivity contribution in [2.75, 3.05) is 0 Å². The molecule has 0 spiro atoms. The Kier molecular flexibility index (Phi) is 4.11. The smallest absolute Gasteiger partial charge is 0.134 e. The number of allylic oxidation sites excluding steroid dienone is 2. The van der Waals surface area contributed by atoms with Crippen molar-refractivity contribution in [3.63, 3.8) is 0 Å². The Bertz CT molecular complexity index is 874. The summed E-state index contributed by atoms with van der Waals surface area (Å²) >= 11 is 0. The van der Waals surface area contributed by atoms with E-state index in [9.17, 15) is 0 Å². The molecule has 0 N–H and O–H groups in total. The van der Waals surface area contributed by atoms with Gasteiger partial charge in [-0.3, -0.25) is 0 Å². The fourth-order valence-corrected chi connectivity index (χ4v) is 2.63. The first-order valence-electron chi connectivity index (χ1n) is 7.72. The molecule has 3 heteroatoms. The van der Waals surface area contributed by atoms with Crippen LogP contribution in [0, 0.1) is 5.92 Å². The van der Waals surface area contributed by atoms with Crippen LogP contribution in [-0.4, -0.2) is 9.97 Å². The molecule has 0 bridgehead atoms. The summed E-state index contributed by atoms with van der Waals surface area (Å²) < 4.78 is 5.66. The van der Waals surface area contributed by atoms with Crippen molar-refractivity contribution in [2.45, 2.75) is 20.3 Å². The number of hydrogen-bond acceptors (Lipinski definition) is 3. The van der Waals surface area contributed by atoms with Crippen LogP contribution < -0.4 is 0 Å². The maximum Gasteiger partial charge on any atom is 0.134 e. The van der Waals surface area contributed by atoms with Crippen molar-refractivity contribution in [2.24, 2.45) is 5.92 Å². The highest BCUT2D eigenvalue weighted by atomic mass is 16.3. The zero-order chi connectivity index (χ0) is 16.4. The number of fused-ring (bicyclic) bond motifs is 1. The van der Waals surface area contributed by atoms with Gasteiger partial charge < -0.3 is 4.42 Å². The van der Waals surface area contributed by atoms with E-state index in [4.69, 9.17) is 4.42 Å². The van der Waals surface area contributed by atoms with Gasteiger partial charge in [0.25, 0.3) is 0 Å². The number of aromatic nitrogens is 2. The molecule has 0 atom stereocenters. The molecule has 0 saturated heterocycles. The standard InChI is InChI=1S/C20H20N2O/c1-5-14(4)18-10-19(22-12-21-18)15-6-7-20-17(9-15)16(11-23-20)8-13(2)3/h5-7,9-13H,1,4,8H2,2-3H3. The average Bonchev–Trinajstić information content (AvgIpc) is 2.96. The highest BCUT2D eigenvalue weighted by Gasteiger charge is 2.10. The molecule has 0 amide bonds. The van der Waals surface area contributed by atoms with Gasteiger partial charge in [-0.05, 0) is 47.7 Å². The van der Waals surface area contributed by atoms with Crippen LogP contribution in [-0.2, 0) is 6.42 Å². The van der Waals surface area contributed by atoms with E-state index in [1.807, 2.05) is 24.5 Å². The van der Waals surface area contributed by atoms with Crippen molar-refractivity contribution in [3.05, 3.63) is 67.3 Å². The SMILES string of the molecule is C=CC(=C)c1cc(-c2ccc3occ(CC(C)C)c3c2)ncn1. The summed E-state index contributed by atoms with van der Waals surface area (Å²) in [5.41, 5.74) is 5.65. The summed E-state index contributed by atoms with van der Waals surface area (Å²) in [5.74, 6) is 0.584. The van der Waals surface area contributed by atoms with Crippen molar-refractivity contribution in [3.8, 4) is 11.3 Å². The highest BCUT2D eigenvalue weighted by Crippen LogP contribution is 2.29. The molecule has 2 aromatic heterocycles. The second-order valence-electron chi connectivity index (χ2n) is 6.09. The Labute approximate surface area is 136 Å². The third-order valence-corrected chi connectivity index (χ3v) is 3.82. The quantitative estimate of drug-likeness (QED) is 0.601. The normalized spacial score (nSPS) is 11.1. The van der Waals surface area contributed by atoms with Crippen molar-refractivity contribution >= 4 is 16.5 Å². The molecule has 116 valence electrons. The molecule has 0 aliphatic carbocycles. The van der Waals surface area contributed by atoms with Crippen LogP contribution in [0.25, 0.3) is 27.8 Å². The molecule has 23 heavy (non-hydrogen) atoms. The van der Waals surface area contributed by atoms with E-state index >= 15 is 0 Å². The van der Waals surface area contributed by atoms with Crippen LogP contribution in [0.3, 0.4) is 0 Å². The molecule has 1 aromatic carbocycles. The van der Waals surface area contributed by atoms with Crippen molar-refractivity contribution in [1.82, 2.24) is 9.97 Å². The predicted octanol–water partition coefficient (Wildman–Crippen LogP) is 5.29. The van der Waals surface area contributed by atoms with Gasteiger partial charge in [0, 0.05) is 10.9 Å². The van der Waals surface area contributed by atoms with Crippen LogP contribution in [0.4, 0.5) is 0 Å². The minimum Gasteiger partial charge on any atom is -0.464 e. The molecular formula is C20H20N2O. The van der Waals surface area contributed by atoms with E-state index in [-0.39, 0.29) is 0 Å². The first-order chi connectivity index (χ1) is 11.1. The Morgan fingerprint density at radius 3 is 2.83 bits per heavy atom. The van der Waals surface area contributed by atoms with Crippen LogP contribution in [0.1, 0.15) is 25.1 Å². The second-order valence-corrected chi connectivity index (χ2v) is 6.09. The number of furan rings is 1. The summed E-state index contributed by atoms with van der Waals surface area (Å²) in [6, 6.07) is 8.10.